The fourth-order valence-corrected chi connectivity index (χ4v) is 5.56. The van der Waals surface area contributed by atoms with E-state index in [4.69, 9.17) is 13.3 Å². The topological polar surface area (TPSA) is 27.7 Å². The Labute approximate surface area is 135 Å². The first-order valence-corrected chi connectivity index (χ1v) is 9.93. The van der Waals surface area contributed by atoms with E-state index in [0.29, 0.717) is 6.04 Å². The van der Waals surface area contributed by atoms with E-state index in [1.807, 2.05) is 41.5 Å². The Bertz CT molecular complexity index is 406. The molecule has 0 aliphatic rings. The highest BCUT2D eigenvalue weighted by Crippen LogP contribution is 2.24. The fraction of sp³-hybridized carbons (Fsp3) is 0.647. The van der Waals surface area contributed by atoms with Crippen LogP contribution in [0.4, 0.5) is 4.39 Å². The molecule has 126 valence electrons. The van der Waals surface area contributed by atoms with Gasteiger partial charge in [0.15, 0.2) is 0 Å². The van der Waals surface area contributed by atoms with Crippen LogP contribution in [0.5, 0.6) is 0 Å². The fourth-order valence-electron chi connectivity index (χ4n) is 2.29. The molecule has 0 aliphatic heterocycles. The summed E-state index contributed by atoms with van der Waals surface area (Å²) in [6.45, 7) is 12.0. The standard InChI is InChI=1S/C17H29FO3Si/c1-13(2)19-22(20-14(3)4,21-15(5)6)12-11-16-7-9-17(18)10-8-16/h7-10,13-15H,11-12H2,1-6H3. The van der Waals surface area contributed by atoms with Crippen LogP contribution in [0.15, 0.2) is 24.3 Å². The Kier molecular flexibility index (Phi) is 7.69. The van der Waals surface area contributed by atoms with Gasteiger partial charge in [0.05, 0.1) is 0 Å². The normalized spacial score (nSPS) is 12.6. The highest BCUT2D eigenvalue weighted by molar-refractivity contribution is 6.60. The van der Waals surface area contributed by atoms with E-state index < -0.39 is 8.80 Å². The average Bonchev–Trinajstić information content (AvgIpc) is 2.35. The van der Waals surface area contributed by atoms with Crippen LogP contribution in [-0.4, -0.2) is 27.1 Å². The SMILES string of the molecule is CC(C)O[Si](CCc1ccc(F)cc1)(OC(C)C)OC(C)C. The Balaban J connectivity index is 2.87. The van der Waals surface area contributed by atoms with Crippen LogP contribution in [0.25, 0.3) is 0 Å². The highest BCUT2D eigenvalue weighted by Gasteiger charge is 2.43. The van der Waals surface area contributed by atoms with Gasteiger partial charge in [0.2, 0.25) is 0 Å². The van der Waals surface area contributed by atoms with E-state index >= 15 is 0 Å². The number of halogens is 1. The van der Waals surface area contributed by atoms with Gasteiger partial charge in [-0.1, -0.05) is 12.1 Å². The third kappa shape index (κ3) is 7.00. The lowest BCUT2D eigenvalue weighted by Crippen LogP contribution is -2.51. The van der Waals surface area contributed by atoms with Gasteiger partial charge in [0.1, 0.15) is 5.82 Å². The van der Waals surface area contributed by atoms with Gasteiger partial charge < -0.3 is 13.3 Å². The molecule has 0 atom stereocenters. The van der Waals surface area contributed by atoms with Crippen molar-refractivity contribution < 1.29 is 17.7 Å². The second kappa shape index (κ2) is 8.77. The number of hydrogen-bond acceptors (Lipinski definition) is 3. The lowest BCUT2D eigenvalue weighted by atomic mass is 10.2. The molecular formula is C17H29FO3Si. The monoisotopic (exact) mass is 328 g/mol. The van der Waals surface area contributed by atoms with Gasteiger partial charge in [-0.15, -0.1) is 0 Å². The zero-order valence-corrected chi connectivity index (χ0v) is 15.6. The van der Waals surface area contributed by atoms with Crippen molar-refractivity contribution in [2.45, 2.75) is 72.3 Å². The molecule has 0 unspecified atom stereocenters. The van der Waals surface area contributed by atoms with Gasteiger partial charge >= 0.3 is 8.80 Å². The van der Waals surface area contributed by atoms with E-state index in [-0.39, 0.29) is 24.1 Å². The van der Waals surface area contributed by atoms with Crippen LogP contribution in [0.1, 0.15) is 47.1 Å². The molecule has 1 rings (SSSR count). The number of benzene rings is 1. The maximum Gasteiger partial charge on any atom is 0.501 e. The summed E-state index contributed by atoms with van der Waals surface area (Å²) in [6, 6.07) is 7.25. The van der Waals surface area contributed by atoms with Crippen molar-refractivity contribution in [2.24, 2.45) is 0 Å². The molecule has 0 saturated carbocycles. The average molecular weight is 329 g/mol. The molecule has 0 heterocycles. The summed E-state index contributed by atoms with van der Waals surface area (Å²) in [4.78, 5) is 0. The van der Waals surface area contributed by atoms with E-state index in [9.17, 15) is 4.39 Å². The number of hydrogen-bond donors (Lipinski definition) is 0. The molecule has 0 spiro atoms. The second-order valence-corrected chi connectivity index (χ2v) is 8.88. The quantitative estimate of drug-likeness (QED) is 0.621. The molecule has 22 heavy (non-hydrogen) atoms. The zero-order valence-electron chi connectivity index (χ0n) is 14.6. The third-order valence-corrected chi connectivity index (χ3v) is 6.23. The summed E-state index contributed by atoms with van der Waals surface area (Å²) in [7, 11) is -2.77. The first-order valence-electron chi connectivity index (χ1n) is 8.00. The molecule has 0 fully saturated rings. The maximum absolute atomic E-state index is 13.0. The minimum Gasteiger partial charge on any atom is -0.371 e. The molecule has 0 saturated heterocycles. The smallest absolute Gasteiger partial charge is 0.371 e. The molecule has 3 nitrogen and oxygen atoms in total. The van der Waals surface area contributed by atoms with Gasteiger partial charge in [0.25, 0.3) is 0 Å². The van der Waals surface area contributed by atoms with Crippen LogP contribution in [-0.2, 0) is 19.7 Å². The highest BCUT2D eigenvalue weighted by atomic mass is 28.4. The second-order valence-electron chi connectivity index (χ2n) is 6.31. The Morgan fingerprint density at radius 2 is 1.23 bits per heavy atom. The van der Waals surface area contributed by atoms with Crippen molar-refractivity contribution in [3.63, 3.8) is 0 Å². The molecule has 0 N–H and O–H groups in total. The minimum atomic E-state index is -2.77. The lowest BCUT2D eigenvalue weighted by molar-refractivity contribution is 0.00331. The molecular weight excluding hydrogens is 299 g/mol. The lowest BCUT2D eigenvalue weighted by Gasteiger charge is -2.34. The molecule has 1 aromatic carbocycles. The molecule has 0 bridgehead atoms. The summed E-state index contributed by atoms with van der Waals surface area (Å²) < 4.78 is 31.4. The van der Waals surface area contributed by atoms with Crippen LogP contribution in [0.3, 0.4) is 0 Å². The molecule has 0 aromatic heterocycles. The predicted octanol–water partition coefficient (Wildman–Crippen LogP) is 4.58. The van der Waals surface area contributed by atoms with E-state index in [2.05, 4.69) is 0 Å². The number of rotatable bonds is 9. The van der Waals surface area contributed by atoms with Crippen LogP contribution in [0.2, 0.25) is 6.04 Å². The Morgan fingerprint density at radius 1 is 0.818 bits per heavy atom. The summed E-state index contributed by atoms with van der Waals surface area (Å²) in [6.07, 6.45) is 0.866. The summed E-state index contributed by atoms with van der Waals surface area (Å²) in [5, 5.41) is 0. The van der Waals surface area contributed by atoms with Gasteiger partial charge in [-0.25, -0.2) is 4.39 Å². The Hall–Kier alpha value is -0.753. The molecule has 1 aromatic rings. The van der Waals surface area contributed by atoms with E-state index in [0.717, 1.165) is 12.0 Å². The largest absolute Gasteiger partial charge is 0.501 e. The van der Waals surface area contributed by atoms with E-state index in [1.54, 1.807) is 12.1 Å². The molecule has 0 amide bonds. The Morgan fingerprint density at radius 3 is 1.59 bits per heavy atom. The summed E-state index contributed by atoms with van der Waals surface area (Å²) in [5.41, 5.74) is 1.06. The van der Waals surface area contributed by atoms with Crippen molar-refractivity contribution in [3.05, 3.63) is 35.6 Å². The maximum atomic E-state index is 13.0. The zero-order chi connectivity index (χ0) is 16.8. The molecule has 5 heteroatoms. The van der Waals surface area contributed by atoms with Gasteiger partial charge in [-0.2, -0.15) is 0 Å². The summed E-state index contributed by atoms with van der Waals surface area (Å²) >= 11 is 0. The van der Waals surface area contributed by atoms with Crippen LogP contribution < -0.4 is 0 Å². The van der Waals surface area contributed by atoms with Crippen LogP contribution in [0, 0.1) is 5.82 Å². The third-order valence-electron chi connectivity index (χ3n) is 2.88. The van der Waals surface area contributed by atoms with E-state index in [1.165, 1.54) is 12.1 Å². The summed E-state index contributed by atoms with van der Waals surface area (Å²) in [5.74, 6) is -0.220. The number of aryl methyl sites for hydroxylation is 1. The van der Waals surface area contributed by atoms with Gasteiger partial charge in [-0.05, 0) is 65.7 Å². The van der Waals surface area contributed by atoms with Crippen molar-refractivity contribution in [1.82, 2.24) is 0 Å². The predicted molar refractivity (Wildman–Crippen MR) is 89.3 cm³/mol. The first kappa shape index (κ1) is 19.3. The minimum absolute atomic E-state index is 0.0392. The molecule has 0 aliphatic carbocycles. The van der Waals surface area contributed by atoms with Crippen LogP contribution >= 0.6 is 0 Å². The first-order chi connectivity index (χ1) is 10.2. The van der Waals surface area contributed by atoms with Gasteiger partial charge in [-0.3, -0.25) is 0 Å². The van der Waals surface area contributed by atoms with Crippen molar-refractivity contribution in [1.29, 1.82) is 0 Å². The van der Waals surface area contributed by atoms with Crippen molar-refractivity contribution in [3.8, 4) is 0 Å². The van der Waals surface area contributed by atoms with Crippen molar-refractivity contribution >= 4 is 8.80 Å². The van der Waals surface area contributed by atoms with Gasteiger partial charge in [0, 0.05) is 24.4 Å². The van der Waals surface area contributed by atoms with Crippen molar-refractivity contribution in [2.75, 3.05) is 0 Å². The molecule has 0 radical (unpaired) electrons.